The number of benzene rings is 5. The smallest absolute Gasteiger partial charge is 0.144 e. The highest BCUT2D eigenvalue weighted by atomic mass is 35.5. The van der Waals surface area contributed by atoms with E-state index >= 15 is 0 Å². The fraction of sp³-hybridized carbons (Fsp3) is 0.426. The Bertz CT molecular complexity index is 2420. The van der Waals surface area contributed by atoms with Gasteiger partial charge in [-0.05, 0) is 111 Å². The quantitative estimate of drug-likeness (QED) is 0.189. The van der Waals surface area contributed by atoms with Gasteiger partial charge in [-0.3, -0.25) is 4.98 Å². The van der Waals surface area contributed by atoms with Gasteiger partial charge in [0.25, 0.3) is 0 Å². The second-order valence-electron chi connectivity index (χ2n) is 18.2. The molecule has 5 aliphatic rings. The van der Waals surface area contributed by atoms with Crippen molar-refractivity contribution in [2.45, 2.75) is 105 Å². The van der Waals surface area contributed by atoms with Crippen molar-refractivity contribution >= 4 is 44.7 Å². The third-order valence-corrected chi connectivity index (χ3v) is 13.1. The van der Waals surface area contributed by atoms with Crippen LogP contribution in [0.2, 0.25) is 5.02 Å². The van der Waals surface area contributed by atoms with Crippen molar-refractivity contribution < 1.29 is 18.9 Å². The van der Waals surface area contributed by atoms with E-state index in [-0.39, 0.29) is 0 Å². The molecule has 0 atom stereocenters. The Labute approximate surface area is 374 Å². The molecule has 5 aliphatic heterocycles. The molecular weight excluding hydrogens is 790 g/mol. The van der Waals surface area contributed by atoms with Gasteiger partial charge in [0.2, 0.25) is 0 Å². The Balaban J connectivity index is 0.000000114. The Kier molecular flexibility index (Phi) is 13.4. The summed E-state index contributed by atoms with van der Waals surface area (Å²) in [6, 6.07) is 25.7. The van der Waals surface area contributed by atoms with E-state index in [0.717, 1.165) is 85.0 Å². The SMILES string of the molecule is CC(C)c1ccc2c(c1Cl)NCCO2.CC(C)c1ccc2c3c(cccc13)CCO2.CC(C)c1ccc2c3c(ccnc13)CCO2.CC(C)c1ccc2c3c1CCCN3CCO2. The van der Waals surface area contributed by atoms with Crippen molar-refractivity contribution in [3.8, 4) is 23.0 Å². The number of ether oxygens (including phenoxy) is 4. The van der Waals surface area contributed by atoms with Gasteiger partial charge in [0.1, 0.15) is 36.2 Å². The molecule has 0 bridgehead atoms. The summed E-state index contributed by atoms with van der Waals surface area (Å²) < 4.78 is 22.7. The second-order valence-corrected chi connectivity index (χ2v) is 18.6. The van der Waals surface area contributed by atoms with Crippen molar-refractivity contribution in [1.82, 2.24) is 4.98 Å². The van der Waals surface area contributed by atoms with Crippen molar-refractivity contribution in [3.05, 3.63) is 123 Å². The summed E-state index contributed by atoms with van der Waals surface area (Å²) >= 11 is 6.28. The zero-order chi connectivity index (χ0) is 43.5. The van der Waals surface area contributed by atoms with Crippen LogP contribution >= 0.6 is 11.6 Å². The third kappa shape index (κ3) is 8.88. The molecule has 8 heteroatoms. The molecule has 0 unspecified atom stereocenters. The van der Waals surface area contributed by atoms with Gasteiger partial charge in [0.15, 0.2) is 0 Å². The number of hydrogen-bond donors (Lipinski definition) is 1. The fourth-order valence-electron chi connectivity index (χ4n) is 9.55. The highest BCUT2D eigenvalue weighted by molar-refractivity contribution is 6.34. The zero-order valence-electron chi connectivity index (χ0n) is 38.0. The summed E-state index contributed by atoms with van der Waals surface area (Å²) in [5.74, 6) is 6.13. The monoisotopic (exact) mass is 853 g/mol. The lowest BCUT2D eigenvalue weighted by Gasteiger charge is -2.37. The van der Waals surface area contributed by atoms with Crippen LogP contribution in [0.4, 0.5) is 11.4 Å². The molecule has 0 saturated heterocycles. The fourth-order valence-corrected chi connectivity index (χ4v) is 9.99. The lowest BCUT2D eigenvalue weighted by atomic mass is 9.89. The van der Waals surface area contributed by atoms with Crippen LogP contribution in [0.5, 0.6) is 23.0 Å². The van der Waals surface area contributed by atoms with Crippen LogP contribution in [0.15, 0.2) is 79.0 Å². The Morgan fingerprint density at radius 3 is 1.89 bits per heavy atom. The van der Waals surface area contributed by atoms with Crippen molar-refractivity contribution in [3.63, 3.8) is 0 Å². The van der Waals surface area contributed by atoms with E-state index in [9.17, 15) is 0 Å². The zero-order valence-corrected chi connectivity index (χ0v) is 38.8. The molecule has 326 valence electrons. The molecule has 5 aromatic carbocycles. The summed E-state index contributed by atoms with van der Waals surface area (Å²) in [5.41, 5.74) is 13.2. The summed E-state index contributed by atoms with van der Waals surface area (Å²) in [5, 5.41) is 7.99. The van der Waals surface area contributed by atoms with E-state index in [4.69, 9.17) is 30.5 Å². The number of nitrogens with zero attached hydrogens (tertiary/aromatic N) is 2. The molecule has 7 nitrogen and oxygen atoms in total. The molecule has 0 amide bonds. The summed E-state index contributed by atoms with van der Waals surface area (Å²) in [7, 11) is 0. The maximum absolute atomic E-state index is 6.28. The highest BCUT2D eigenvalue weighted by Gasteiger charge is 2.27. The van der Waals surface area contributed by atoms with E-state index < -0.39 is 0 Å². The Hall–Kier alpha value is -5.14. The molecule has 6 aromatic rings. The number of anilines is 2. The van der Waals surface area contributed by atoms with Gasteiger partial charge < -0.3 is 29.2 Å². The largest absolute Gasteiger partial charge is 0.493 e. The van der Waals surface area contributed by atoms with E-state index in [2.05, 4.69) is 131 Å². The molecule has 0 fully saturated rings. The van der Waals surface area contributed by atoms with Gasteiger partial charge in [-0.1, -0.05) is 109 Å². The molecule has 0 saturated carbocycles. The van der Waals surface area contributed by atoms with Crippen LogP contribution in [0.25, 0.3) is 21.7 Å². The lowest BCUT2D eigenvalue weighted by Crippen LogP contribution is -2.37. The molecule has 1 aromatic heterocycles. The molecule has 6 heterocycles. The van der Waals surface area contributed by atoms with Crippen LogP contribution in [-0.4, -0.2) is 51.0 Å². The molecule has 0 spiro atoms. The van der Waals surface area contributed by atoms with Crippen LogP contribution in [0.3, 0.4) is 0 Å². The normalized spacial score (nSPS) is 15.3. The topological polar surface area (TPSA) is 65.1 Å². The number of halogens is 1. The predicted octanol–water partition coefficient (Wildman–Crippen LogP) is 13.4. The van der Waals surface area contributed by atoms with E-state index in [1.807, 2.05) is 18.3 Å². The number of hydrogen-bond acceptors (Lipinski definition) is 7. The van der Waals surface area contributed by atoms with Gasteiger partial charge in [0, 0.05) is 42.9 Å². The first-order chi connectivity index (χ1) is 30.0. The van der Waals surface area contributed by atoms with Crippen LogP contribution in [0.1, 0.15) is 124 Å². The maximum atomic E-state index is 6.28. The van der Waals surface area contributed by atoms with Crippen LogP contribution < -0.4 is 29.2 Å². The molecule has 62 heavy (non-hydrogen) atoms. The number of rotatable bonds is 4. The lowest BCUT2D eigenvalue weighted by molar-refractivity contribution is 0.304. The van der Waals surface area contributed by atoms with Gasteiger partial charge in [-0.15, -0.1) is 0 Å². The van der Waals surface area contributed by atoms with E-state index in [1.54, 1.807) is 5.56 Å². The Morgan fingerprint density at radius 1 is 0.565 bits per heavy atom. The third-order valence-electron chi connectivity index (χ3n) is 12.7. The van der Waals surface area contributed by atoms with Gasteiger partial charge in [-0.2, -0.15) is 0 Å². The van der Waals surface area contributed by atoms with Crippen molar-refractivity contribution in [2.24, 2.45) is 0 Å². The molecule has 0 radical (unpaired) electrons. The van der Waals surface area contributed by atoms with Crippen LogP contribution in [0, 0.1) is 0 Å². The highest BCUT2D eigenvalue weighted by Crippen LogP contribution is 2.43. The number of nitrogens with one attached hydrogen (secondary N) is 1. The number of aromatic nitrogens is 1. The van der Waals surface area contributed by atoms with Crippen LogP contribution in [-0.2, 0) is 19.3 Å². The van der Waals surface area contributed by atoms with E-state index in [1.165, 1.54) is 74.6 Å². The minimum absolute atomic E-state index is 0.441. The first-order valence-corrected chi connectivity index (χ1v) is 23.3. The molecule has 0 aliphatic carbocycles. The minimum atomic E-state index is 0.441. The maximum Gasteiger partial charge on any atom is 0.144 e. The van der Waals surface area contributed by atoms with Gasteiger partial charge >= 0.3 is 0 Å². The average Bonchev–Trinajstić information content (AvgIpc) is 3.28. The first kappa shape index (κ1) is 43.5. The second kappa shape index (κ2) is 19.1. The number of pyridine rings is 1. The molecule has 11 rings (SSSR count). The summed E-state index contributed by atoms with van der Waals surface area (Å²) in [6.07, 6.45) is 6.45. The van der Waals surface area contributed by atoms with Crippen molar-refractivity contribution in [2.75, 3.05) is 56.3 Å². The number of fused-ring (bicyclic) bond motifs is 1. The van der Waals surface area contributed by atoms with Gasteiger partial charge in [0.05, 0.1) is 41.7 Å². The molecular formula is C54H64ClN3O4. The average molecular weight is 855 g/mol. The van der Waals surface area contributed by atoms with E-state index in [0.29, 0.717) is 30.3 Å². The predicted molar refractivity (Wildman–Crippen MR) is 258 cm³/mol. The summed E-state index contributed by atoms with van der Waals surface area (Å²) in [6.45, 7) is 24.0. The first-order valence-electron chi connectivity index (χ1n) is 22.9. The Morgan fingerprint density at radius 2 is 1.16 bits per heavy atom. The minimum Gasteiger partial charge on any atom is -0.493 e. The van der Waals surface area contributed by atoms with Gasteiger partial charge in [-0.25, -0.2) is 0 Å². The molecule has 1 N–H and O–H groups in total. The van der Waals surface area contributed by atoms with Crippen molar-refractivity contribution in [1.29, 1.82) is 0 Å². The standard InChI is InChI=1S/C15H16O.C14H15NO.C14H19NO.C11H14ClNO/c1-10(2)12-6-7-14-15-11(8-9-16-14)4-3-5-13(12)15;1-9(2)11-3-4-12-13-10(6-8-16-12)5-7-15-14(11)13;1-10(2)11-5-6-13-14-12(11)4-3-7-15(14)8-9-16-13;1-7(2)8-3-4-9-11(10(8)12)13-5-6-14-9/h3-7,10H,8-9H2,1-2H3;3-5,7,9H,6,8H2,1-2H3;5-6,10H,3-4,7-9H2,1-2H3;3-4,7,13H,5-6H2,1-2H3. The summed E-state index contributed by atoms with van der Waals surface area (Å²) in [4.78, 5) is 7.03.